The molecule has 0 bridgehead atoms. The van der Waals surface area contributed by atoms with Crippen molar-refractivity contribution in [3.8, 4) is 5.75 Å². The van der Waals surface area contributed by atoms with E-state index in [4.69, 9.17) is 9.47 Å². The Morgan fingerprint density at radius 2 is 2.18 bits per heavy atom. The molecule has 17 heavy (non-hydrogen) atoms. The summed E-state index contributed by atoms with van der Waals surface area (Å²) in [6, 6.07) is 5.33. The second-order valence-corrected chi connectivity index (χ2v) is 4.82. The molecule has 0 saturated carbocycles. The molecule has 1 aromatic rings. The number of amides is 1. The van der Waals surface area contributed by atoms with Gasteiger partial charge in [0.1, 0.15) is 5.75 Å². The molecule has 0 saturated heterocycles. The first kappa shape index (κ1) is 13.8. The van der Waals surface area contributed by atoms with Crippen LogP contribution in [0, 0.1) is 5.92 Å². The maximum absolute atomic E-state index is 11.5. The minimum absolute atomic E-state index is 0.314. The van der Waals surface area contributed by atoms with Crippen LogP contribution >= 0.6 is 15.9 Å². The topological polar surface area (TPSA) is 47.6 Å². The predicted octanol–water partition coefficient (Wildman–Crippen LogP) is 3.66. The van der Waals surface area contributed by atoms with E-state index in [9.17, 15) is 4.79 Å². The van der Waals surface area contributed by atoms with Gasteiger partial charge in [-0.15, -0.1) is 0 Å². The number of halogens is 1. The molecule has 0 unspecified atom stereocenters. The molecule has 1 N–H and O–H groups in total. The average molecular weight is 302 g/mol. The number of carbonyl (C=O) groups excluding carboxylic acids is 1. The fourth-order valence-electron chi connectivity index (χ4n) is 1.12. The van der Waals surface area contributed by atoms with Crippen molar-refractivity contribution in [2.75, 3.05) is 19.0 Å². The van der Waals surface area contributed by atoms with Gasteiger partial charge >= 0.3 is 6.09 Å². The molecule has 1 amide bonds. The number of carbonyl (C=O) groups is 1. The van der Waals surface area contributed by atoms with Crippen LogP contribution < -0.4 is 10.1 Å². The Morgan fingerprint density at radius 3 is 2.76 bits per heavy atom. The van der Waals surface area contributed by atoms with Crippen LogP contribution in [-0.4, -0.2) is 19.8 Å². The first-order valence-electron chi connectivity index (χ1n) is 5.30. The largest absolute Gasteiger partial charge is 0.497 e. The summed E-state index contributed by atoms with van der Waals surface area (Å²) in [6.07, 6.45) is -0.465. The first-order chi connectivity index (χ1) is 8.02. The highest BCUT2D eigenvalue weighted by atomic mass is 79.9. The zero-order valence-corrected chi connectivity index (χ0v) is 11.7. The van der Waals surface area contributed by atoms with Gasteiger partial charge in [0.25, 0.3) is 0 Å². The number of methoxy groups -OCH3 is 1. The molecule has 0 fully saturated rings. The van der Waals surface area contributed by atoms with Crippen molar-refractivity contribution in [3.05, 3.63) is 22.7 Å². The predicted molar refractivity (Wildman–Crippen MR) is 70.5 cm³/mol. The lowest BCUT2D eigenvalue weighted by Gasteiger charge is -2.11. The Bertz CT molecular complexity index is 393. The smallest absolute Gasteiger partial charge is 0.411 e. The summed E-state index contributed by atoms with van der Waals surface area (Å²) in [6.45, 7) is 4.36. The number of ether oxygens (including phenoxy) is 2. The van der Waals surface area contributed by atoms with E-state index in [1.165, 1.54) is 0 Å². The Kier molecular flexibility index (Phi) is 5.28. The number of hydrogen-bond donors (Lipinski definition) is 1. The molecule has 94 valence electrons. The molecule has 5 heteroatoms. The summed E-state index contributed by atoms with van der Waals surface area (Å²) in [5.74, 6) is 0.988. The molecular weight excluding hydrogens is 286 g/mol. The van der Waals surface area contributed by atoms with E-state index in [0.717, 1.165) is 4.47 Å². The fraction of sp³-hybridized carbons (Fsp3) is 0.417. The van der Waals surface area contributed by atoms with Gasteiger partial charge in [0.15, 0.2) is 0 Å². The third-order valence-electron chi connectivity index (χ3n) is 1.96. The van der Waals surface area contributed by atoms with Crippen molar-refractivity contribution in [1.29, 1.82) is 0 Å². The number of benzene rings is 1. The third-order valence-corrected chi connectivity index (χ3v) is 2.65. The van der Waals surface area contributed by atoms with Crippen molar-refractivity contribution >= 4 is 27.7 Å². The summed E-state index contributed by atoms with van der Waals surface area (Å²) in [7, 11) is 1.57. The molecule has 0 aromatic heterocycles. The summed E-state index contributed by atoms with van der Waals surface area (Å²) in [5.41, 5.74) is 0.623. The minimum atomic E-state index is -0.465. The van der Waals surface area contributed by atoms with Crippen molar-refractivity contribution in [1.82, 2.24) is 0 Å². The first-order valence-corrected chi connectivity index (χ1v) is 6.09. The zero-order valence-electron chi connectivity index (χ0n) is 10.1. The van der Waals surface area contributed by atoms with E-state index < -0.39 is 6.09 Å². The van der Waals surface area contributed by atoms with Crippen molar-refractivity contribution in [2.45, 2.75) is 13.8 Å². The van der Waals surface area contributed by atoms with E-state index in [-0.39, 0.29) is 0 Å². The monoisotopic (exact) mass is 301 g/mol. The molecule has 1 rings (SSSR count). The van der Waals surface area contributed by atoms with E-state index in [0.29, 0.717) is 24.0 Å². The van der Waals surface area contributed by atoms with Gasteiger partial charge in [-0.25, -0.2) is 4.79 Å². The third kappa shape index (κ3) is 4.65. The van der Waals surface area contributed by atoms with Crippen LogP contribution in [0.5, 0.6) is 5.75 Å². The highest BCUT2D eigenvalue weighted by Gasteiger charge is 2.08. The fourth-order valence-corrected chi connectivity index (χ4v) is 1.46. The van der Waals surface area contributed by atoms with Gasteiger partial charge < -0.3 is 9.47 Å². The van der Waals surface area contributed by atoms with Crippen molar-refractivity contribution in [2.24, 2.45) is 5.92 Å². The van der Waals surface area contributed by atoms with Crippen LogP contribution in [0.15, 0.2) is 22.7 Å². The SMILES string of the molecule is COc1ccc(Br)c(NC(=O)OCC(C)C)c1. The van der Waals surface area contributed by atoms with E-state index in [2.05, 4.69) is 21.2 Å². The van der Waals surface area contributed by atoms with Crippen LogP contribution in [0.4, 0.5) is 10.5 Å². The Labute approximate surface area is 109 Å². The Balaban J connectivity index is 2.64. The molecular formula is C12H16BrNO3. The number of nitrogens with one attached hydrogen (secondary N) is 1. The summed E-state index contributed by atoms with van der Waals surface area (Å²) >= 11 is 3.34. The van der Waals surface area contributed by atoms with E-state index in [1.54, 1.807) is 25.3 Å². The van der Waals surface area contributed by atoms with Crippen LogP contribution in [0.2, 0.25) is 0 Å². The molecule has 0 aliphatic heterocycles. The molecule has 1 aromatic carbocycles. The van der Waals surface area contributed by atoms with Crippen LogP contribution in [-0.2, 0) is 4.74 Å². The molecule has 0 aliphatic carbocycles. The summed E-state index contributed by atoms with van der Waals surface area (Å²) in [4.78, 5) is 11.5. The standard InChI is InChI=1S/C12H16BrNO3/c1-8(2)7-17-12(15)14-11-6-9(16-3)4-5-10(11)13/h4-6,8H,7H2,1-3H3,(H,14,15). The normalized spacial score (nSPS) is 10.2. The molecule has 4 nitrogen and oxygen atoms in total. The Morgan fingerprint density at radius 1 is 1.47 bits per heavy atom. The molecule has 0 radical (unpaired) electrons. The highest BCUT2D eigenvalue weighted by molar-refractivity contribution is 9.10. The number of anilines is 1. The average Bonchev–Trinajstić information content (AvgIpc) is 2.29. The second-order valence-electron chi connectivity index (χ2n) is 3.96. The van der Waals surface area contributed by atoms with Gasteiger partial charge in [0.2, 0.25) is 0 Å². The lowest BCUT2D eigenvalue weighted by Crippen LogP contribution is -2.16. The minimum Gasteiger partial charge on any atom is -0.497 e. The summed E-state index contributed by atoms with van der Waals surface area (Å²) < 4.78 is 10.9. The maximum Gasteiger partial charge on any atom is 0.411 e. The molecule has 0 aliphatic rings. The molecule has 0 atom stereocenters. The van der Waals surface area contributed by atoms with Gasteiger partial charge in [-0.05, 0) is 34.0 Å². The maximum atomic E-state index is 11.5. The van der Waals surface area contributed by atoms with Crippen molar-refractivity contribution < 1.29 is 14.3 Å². The molecule has 0 spiro atoms. The van der Waals surface area contributed by atoms with E-state index >= 15 is 0 Å². The second kappa shape index (κ2) is 6.49. The van der Waals surface area contributed by atoms with Gasteiger partial charge in [0, 0.05) is 10.5 Å². The lowest BCUT2D eigenvalue weighted by molar-refractivity contribution is 0.147. The van der Waals surface area contributed by atoms with Crippen LogP contribution in [0.1, 0.15) is 13.8 Å². The quantitative estimate of drug-likeness (QED) is 0.923. The van der Waals surface area contributed by atoms with Gasteiger partial charge in [-0.2, -0.15) is 0 Å². The zero-order chi connectivity index (χ0) is 12.8. The lowest BCUT2D eigenvalue weighted by atomic mass is 10.2. The van der Waals surface area contributed by atoms with Gasteiger partial charge in [-0.1, -0.05) is 13.8 Å². The van der Waals surface area contributed by atoms with Crippen molar-refractivity contribution in [3.63, 3.8) is 0 Å². The van der Waals surface area contributed by atoms with Gasteiger partial charge in [-0.3, -0.25) is 5.32 Å². The highest BCUT2D eigenvalue weighted by Crippen LogP contribution is 2.27. The summed E-state index contributed by atoms with van der Waals surface area (Å²) in [5, 5.41) is 2.65. The number of hydrogen-bond acceptors (Lipinski definition) is 3. The van der Waals surface area contributed by atoms with Crippen LogP contribution in [0.25, 0.3) is 0 Å². The number of rotatable bonds is 4. The molecule has 0 heterocycles. The Hall–Kier alpha value is -1.23. The van der Waals surface area contributed by atoms with E-state index in [1.807, 2.05) is 13.8 Å². The van der Waals surface area contributed by atoms with Crippen LogP contribution in [0.3, 0.4) is 0 Å². The van der Waals surface area contributed by atoms with Gasteiger partial charge in [0.05, 0.1) is 19.4 Å².